The van der Waals surface area contributed by atoms with Crippen LogP contribution < -0.4 is 4.90 Å². The molecule has 1 aliphatic heterocycles. The zero-order valence-corrected chi connectivity index (χ0v) is 12.8. The summed E-state index contributed by atoms with van der Waals surface area (Å²) in [7, 11) is 0. The van der Waals surface area contributed by atoms with Gasteiger partial charge in [-0.05, 0) is 41.3 Å². The van der Waals surface area contributed by atoms with Gasteiger partial charge in [-0.3, -0.25) is 4.79 Å². The van der Waals surface area contributed by atoms with Gasteiger partial charge in [-0.2, -0.15) is 5.10 Å². The lowest BCUT2D eigenvalue weighted by Gasteiger charge is -2.35. The summed E-state index contributed by atoms with van der Waals surface area (Å²) in [4.78, 5) is 16.3. The maximum atomic E-state index is 12.2. The molecule has 2 aliphatic rings. The van der Waals surface area contributed by atoms with Gasteiger partial charge in [-0.25, -0.2) is 4.68 Å². The first kappa shape index (κ1) is 14.0. The normalized spacial score (nSPS) is 17.4. The van der Waals surface area contributed by atoms with Gasteiger partial charge in [0.1, 0.15) is 12.9 Å². The third-order valence-electron chi connectivity index (χ3n) is 4.45. The van der Waals surface area contributed by atoms with Crippen molar-refractivity contribution < 1.29 is 4.79 Å². The molecule has 4 rings (SSSR count). The van der Waals surface area contributed by atoms with E-state index in [0.717, 1.165) is 37.4 Å². The molecule has 23 heavy (non-hydrogen) atoms. The van der Waals surface area contributed by atoms with Crippen LogP contribution in [0.15, 0.2) is 12.4 Å². The van der Waals surface area contributed by atoms with E-state index in [0.29, 0.717) is 13.1 Å². The van der Waals surface area contributed by atoms with Crippen LogP contribution in [0.4, 0.5) is 5.82 Å². The summed E-state index contributed by atoms with van der Waals surface area (Å²) in [5, 5.41) is 19.5. The molecule has 0 spiro atoms. The average molecular weight is 314 g/mol. The van der Waals surface area contributed by atoms with E-state index in [-0.39, 0.29) is 12.5 Å². The van der Waals surface area contributed by atoms with Crippen LogP contribution in [0.25, 0.3) is 0 Å². The number of hydrogen-bond donors (Lipinski definition) is 0. The number of anilines is 1. The van der Waals surface area contributed by atoms with Crippen molar-refractivity contribution in [2.75, 3.05) is 31.1 Å². The first-order valence-corrected chi connectivity index (χ1v) is 7.88. The Morgan fingerprint density at radius 2 is 2.00 bits per heavy atom. The van der Waals surface area contributed by atoms with Gasteiger partial charge in [0.25, 0.3) is 0 Å². The summed E-state index contributed by atoms with van der Waals surface area (Å²) in [5.41, 5.74) is 2.47. The fourth-order valence-corrected chi connectivity index (χ4v) is 3.15. The van der Waals surface area contributed by atoms with Crippen LogP contribution in [0.1, 0.15) is 17.7 Å². The molecule has 1 fully saturated rings. The molecule has 1 amide bonds. The molecule has 0 radical (unpaired) electrons. The second-order valence-electron chi connectivity index (χ2n) is 5.90. The topological polar surface area (TPSA) is 92.9 Å². The largest absolute Gasteiger partial charge is 0.352 e. The zero-order chi connectivity index (χ0) is 15.6. The number of tetrazole rings is 1. The number of nitrogens with zero attached hydrogens (tertiary/aromatic N) is 8. The number of fused-ring (bicyclic) bond motifs is 1. The molecule has 0 unspecified atom stereocenters. The summed E-state index contributed by atoms with van der Waals surface area (Å²) in [6.45, 7) is 3.09. The highest BCUT2D eigenvalue weighted by molar-refractivity contribution is 5.76. The number of aromatic nitrogens is 6. The van der Waals surface area contributed by atoms with Crippen molar-refractivity contribution in [1.29, 1.82) is 0 Å². The third kappa shape index (κ3) is 2.86. The smallest absolute Gasteiger partial charge is 0.244 e. The maximum Gasteiger partial charge on any atom is 0.244 e. The third-order valence-corrected chi connectivity index (χ3v) is 4.45. The zero-order valence-electron chi connectivity index (χ0n) is 12.8. The molecule has 3 heterocycles. The van der Waals surface area contributed by atoms with Crippen LogP contribution in [-0.4, -0.2) is 67.4 Å². The molecule has 1 saturated heterocycles. The van der Waals surface area contributed by atoms with Gasteiger partial charge in [-0.1, -0.05) is 0 Å². The van der Waals surface area contributed by atoms with Crippen LogP contribution in [-0.2, 0) is 24.2 Å². The second kappa shape index (κ2) is 5.90. The van der Waals surface area contributed by atoms with E-state index in [2.05, 4.69) is 36.7 Å². The SMILES string of the molecule is O=C(Cn1cnnn1)N1CCN(c2cc3c(nn2)CCC3)CC1. The molecule has 2 aromatic heterocycles. The van der Waals surface area contributed by atoms with Crippen molar-refractivity contribution in [1.82, 2.24) is 35.3 Å². The van der Waals surface area contributed by atoms with Gasteiger partial charge in [0.15, 0.2) is 5.82 Å². The van der Waals surface area contributed by atoms with Crippen molar-refractivity contribution in [3.8, 4) is 0 Å². The number of carbonyl (C=O) groups excluding carboxylic acids is 1. The van der Waals surface area contributed by atoms with Gasteiger partial charge >= 0.3 is 0 Å². The Morgan fingerprint density at radius 3 is 2.78 bits per heavy atom. The van der Waals surface area contributed by atoms with E-state index in [4.69, 9.17) is 0 Å². The molecule has 0 aromatic carbocycles. The summed E-state index contributed by atoms with van der Waals surface area (Å²) >= 11 is 0. The van der Waals surface area contributed by atoms with Crippen molar-refractivity contribution in [2.45, 2.75) is 25.8 Å². The molecule has 0 atom stereocenters. The van der Waals surface area contributed by atoms with Crippen LogP contribution in [0.5, 0.6) is 0 Å². The highest BCUT2D eigenvalue weighted by atomic mass is 16.2. The first-order valence-electron chi connectivity index (χ1n) is 7.88. The lowest BCUT2D eigenvalue weighted by atomic mass is 10.2. The van der Waals surface area contributed by atoms with E-state index >= 15 is 0 Å². The molecule has 2 aromatic rings. The van der Waals surface area contributed by atoms with Gasteiger partial charge in [-0.15, -0.1) is 10.2 Å². The Balaban J connectivity index is 1.36. The molecule has 1 aliphatic carbocycles. The minimum Gasteiger partial charge on any atom is -0.352 e. The van der Waals surface area contributed by atoms with E-state index in [1.165, 1.54) is 23.0 Å². The van der Waals surface area contributed by atoms with Gasteiger partial charge < -0.3 is 9.80 Å². The molecular weight excluding hydrogens is 296 g/mol. The molecule has 0 N–H and O–H groups in total. The Labute approximate surface area is 133 Å². The molecular formula is C14H18N8O. The average Bonchev–Trinajstić information content (AvgIpc) is 3.25. The molecule has 0 bridgehead atoms. The summed E-state index contributed by atoms with van der Waals surface area (Å²) < 4.78 is 1.45. The Hall–Kier alpha value is -2.58. The minimum absolute atomic E-state index is 0.0389. The predicted octanol–water partition coefficient (Wildman–Crippen LogP) is -0.699. The second-order valence-corrected chi connectivity index (χ2v) is 5.90. The Kier molecular flexibility index (Phi) is 3.60. The predicted molar refractivity (Wildman–Crippen MR) is 80.7 cm³/mol. The quantitative estimate of drug-likeness (QED) is 0.739. The molecule has 0 saturated carbocycles. The summed E-state index contributed by atoms with van der Waals surface area (Å²) in [5.74, 6) is 0.968. The number of amides is 1. The van der Waals surface area contributed by atoms with Crippen LogP contribution >= 0.6 is 0 Å². The van der Waals surface area contributed by atoms with E-state index in [9.17, 15) is 4.79 Å². The van der Waals surface area contributed by atoms with Crippen molar-refractivity contribution >= 4 is 11.7 Å². The monoisotopic (exact) mass is 314 g/mol. The van der Waals surface area contributed by atoms with E-state index in [1.807, 2.05) is 4.90 Å². The number of carbonyl (C=O) groups is 1. The first-order chi connectivity index (χ1) is 11.3. The fourth-order valence-electron chi connectivity index (χ4n) is 3.15. The van der Waals surface area contributed by atoms with Gasteiger partial charge in [0.05, 0.1) is 5.69 Å². The van der Waals surface area contributed by atoms with Crippen LogP contribution in [0, 0.1) is 0 Å². The highest BCUT2D eigenvalue weighted by Gasteiger charge is 2.23. The van der Waals surface area contributed by atoms with E-state index in [1.54, 1.807) is 0 Å². The lowest BCUT2D eigenvalue weighted by Crippen LogP contribution is -2.50. The maximum absolute atomic E-state index is 12.2. The molecule has 120 valence electrons. The van der Waals surface area contributed by atoms with Crippen molar-refractivity contribution in [2.24, 2.45) is 0 Å². The van der Waals surface area contributed by atoms with Crippen LogP contribution in [0.2, 0.25) is 0 Å². The lowest BCUT2D eigenvalue weighted by molar-refractivity contribution is -0.132. The molecule has 9 nitrogen and oxygen atoms in total. The number of aryl methyl sites for hydroxylation is 2. The summed E-state index contributed by atoms with van der Waals surface area (Å²) in [6, 6.07) is 2.16. The van der Waals surface area contributed by atoms with Crippen molar-refractivity contribution in [3.63, 3.8) is 0 Å². The van der Waals surface area contributed by atoms with Gasteiger partial charge in [0.2, 0.25) is 5.91 Å². The van der Waals surface area contributed by atoms with Gasteiger partial charge in [0, 0.05) is 26.2 Å². The fraction of sp³-hybridized carbons (Fsp3) is 0.571. The standard InChI is InChI=1S/C14H18N8O/c23-14(9-22-10-15-18-19-22)21-6-4-20(5-7-21)13-8-11-2-1-3-12(11)16-17-13/h8,10H,1-7,9H2. The number of hydrogen-bond acceptors (Lipinski definition) is 7. The minimum atomic E-state index is 0.0389. The molecule has 9 heteroatoms. The number of rotatable bonds is 3. The Morgan fingerprint density at radius 1 is 1.13 bits per heavy atom. The van der Waals surface area contributed by atoms with Crippen molar-refractivity contribution in [3.05, 3.63) is 23.7 Å². The Bertz CT molecular complexity index is 693. The highest BCUT2D eigenvalue weighted by Crippen LogP contribution is 2.23. The van der Waals surface area contributed by atoms with E-state index < -0.39 is 0 Å². The summed E-state index contributed by atoms with van der Waals surface area (Å²) in [6.07, 6.45) is 4.77. The number of piperazine rings is 1. The van der Waals surface area contributed by atoms with Crippen LogP contribution in [0.3, 0.4) is 0 Å².